The minimum absolute atomic E-state index is 0.0196. The van der Waals surface area contributed by atoms with Gasteiger partial charge < -0.3 is 9.67 Å². The molecule has 0 saturated carbocycles. The number of fused-ring (bicyclic) bond motifs is 1. The standard InChI is InChI=1S/C11H14N2O/c1-11(2,3)13-7-12-9-6-8(14)4-5-10(9)13/h4-7,14H,1-3H3. The van der Waals surface area contributed by atoms with Crippen molar-refractivity contribution in [2.24, 2.45) is 0 Å². The van der Waals surface area contributed by atoms with Gasteiger partial charge in [0.25, 0.3) is 0 Å². The summed E-state index contributed by atoms with van der Waals surface area (Å²) in [5.41, 5.74) is 1.90. The zero-order chi connectivity index (χ0) is 10.3. The fourth-order valence-corrected chi connectivity index (χ4v) is 1.54. The quantitative estimate of drug-likeness (QED) is 0.693. The van der Waals surface area contributed by atoms with Gasteiger partial charge in [-0.15, -0.1) is 0 Å². The maximum Gasteiger partial charge on any atom is 0.117 e. The zero-order valence-electron chi connectivity index (χ0n) is 8.65. The van der Waals surface area contributed by atoms with Crippen LogP contribution in [0.5, 0.6) is 5.75 Å². The Hall–Kier alpha value is -1.51. The van der Waals surface area contributed by atoms with Crippen molar-refractivity contribution in [1.82, 2.24) is 9.55 Å². The Balaban J connectivity index is 2.70. The molecule has 14 heavy (non-hydrogen) atoms. The lowest BCUT2D eigenvalue weighted by molar-refractivity contribution is 0.408. The van der Waals surface area contributed by atoms with Gasteiger partial charge in [0.1, 0.15) is 5.75 Å². The van der Waals surface area contributed by atoms with Crippen LogP contribution in [0.25, 0.3) is 11.0 Å². The predicted octanol–water partition coefficient (Wildman–Crippen LogP) is 2.50. The number of phenolic OH excluding ortho intramolecular Hbond substituents is 1. The minimum Gasteiger partial charge on any atom is -0.508 e. The molecule has 0 bridgehead atoms. The lowest BCUT2D eigenvalue weighted by Gasteiger charge is -2.21. The number of hydrogen-bond donors (Lipinski definition) is 1. The van der Waals surface area contributed by atoms with Gasteiger partial charge in [0.05, 0.1) is 17.4 Å². The summed E-state index contributed by atoms with van der Waals surface area (Å²) in [4.78, 5) is 4.25. The first-order valence-corrected chi connectivity index (χ1v) is 4.65. The third-order valence-corrected chi connectivity index (χ3v) is 2.25. The molecule has 1 N–H and O–H groups in total. The SMILES string of the molecule is CC(C)(C)n1cnc2cc(O)ccc21. The highest BCUT2D eigenvalue weighted by molar-refractivity contribution is 5.77. The van der Waals surface area contributed by atoms with Crippen LogP contribution in [0.3, 0.4) is 0 Å². The van der Waals surface area contributed by atoms with Crippen molar-refractivity contribution in [1.29, 1.82) is 0 Å². The molecule has 2 rings (SSSR count). The fraction of sp³-hybridized carbons (Fsp3) is 0.364. The smallest absolute Gasteiger partial charge is 0.117 e. The second-order valence-electron chi connectivity index (χ2n) is 4.46. The van der Waals surface area contributed by atoms with Gasteiger partial charge in [-0.25, -0.2) is 4.98 Å². The molecule has 0 atom stereocenters. The monoisotopic (exact) mass is 190 g/mol. The summed E-state index contributed by atoms with van der Waals surface area (Å²) >= 11 is 0. The molecule has 0 aliphatic heterocycles. The summed E-state index contributed by atoms with van der Waals surface area (Å²) in [6, 6.07) is 5.26. The van der Waals surface area contributed by atoms with Crippen LogP contribution in [0.2, 0.25) is 0 Å². The third-order valence-electron chi connectivity index (χ3n) is 2.25. The lowest BCUT2D eigenvalue weighted by Crippen LogP contribution is -2.20. The van der Waals surface area contributed by atoms with Crippen molar-refractivity contribution in [2.45, 2.75) is 26.3 Å². The van der Waals surface area contributed by atoms with Crippen molar-refractivity contribution in [3.63, 3.8) is 0 Å². The topological polar surface area (TPSA) is 38.0 Å². The Kier molecular flexibility index (Phi) is 1.77. The summed E-state index contributed by atoms with van der Waals surface area (Å²) in [6.45, 7) is 6.38. The van der Waals surface area contributed by atoms with Crippen LogP contribution in [-0.4, -0.2) is 14.7 Å². The highest BCUT2D eigenvalue weighted by atomic mass is 16.3. The second kappa shape index (κ2) is 2.74. The van der Waals surface area contributed by atoms with Crippen LogP contribution in [-0.2, 0) is 5.54 Å². The van der Waals surface area contributed by atoms with E-state index in [0.29, 0.717) is 0 Å². The number of hydrogen-bond acceptors (Lipinski definition) is 2. The summed E-state index contributed by atoms with van der Waals surface area (Å²) in [5, 5.41) is 9.29. The molecule has 0 amide bonds. The summed E-state index contributed by atoms with van der Waals surface area (Å²) in [6.07, 6.45) is 1.81. The lowest BCUT2D eigenvalue weighted by atomic mass is 10.1. The zero-order valence-corrected chi connectivity index (χ0v) is 8.65. The van der Waals surface area contributed by atoms with E-state index >= 15 is 0 Å². The van der Waals surface area contributed by atoms with Gasteiger partial charge in [-0.2, -0.15) is 0 Å². The molecule has 3 heteroatoms. The molecule has 0 aliphatic rings. The van der Waals surface area contributed by atoms with Gasteiger partial charge in [-0.05, 0) is 32.9 Å². The molecule has 0 radical (unpaired) electrons. The van der Waals surface area contributed by atoms with E-state index in [0.717, 1.165) is 11.0 Å². The van der Waals surface area contributed by atoms with Crippen molar-refractivity contribution < 1.29 is 5.11 Å². The van der Waals surface area contributed by atoms with E-state index < -0.39 is 0 Å². The van der Waals surface area contributed by atoms with E-state index in [1.807, 2.05) is 12.4 Å². The molecule has 2 aromatic rings. The van der Waals surface area contributed by atoms with Gasteiger partial charge in [-0.3, -0.25) is 0 Å². The molecular formula is C11H14N2O. The third kappa shape index (κ3) is 1.35. The second-order valence-corrected chi connectivity index (χ2v) is 4.46. The van der Waals surface area contributed by atoms with Gasteiger partial charge in [-0.1, -0.05) is 0 Å². The highest BCUT2D eigenvalue weighted by Gasteiger charge is 2.15. The van der Waals surface area contributed by atoms with E-state index in [2.05, 4.69) is 30.3 Å². The van der Waals surface area contributed by atoms with Crippen LogP contribution >= 0.6 is 0 Å². The molecular weight excluding hydrogens is 176 g/mol. The Bertz CT molecular complexity index is 466. The molecule has 1 aromatic carbocycles. The number of aromatic nitrogens is 2. The predicted molar refractivity (Wildman–Crippen MR) is 56.4 cm³/mol. The molecule has 0 unspecified atom stereocenters. The number of rotatable bonds is 0. The maximum absolute atomic E-state index is 9.29. The Labute approximate surface area is 83.0 Å². The van der Waals surface area contributed by atoms with E-state index in [4.69, 9.17) is 0 Å². The number of phenols is 1. The summed E-state index contributed by atoms with van der Waals surface area (Å²) < 4.78 is 2.10. The van der Waals surface area contributed by atoms with Crippen molar-refractivity contribution >= 4 is 11.0 Å². The molecule has 3 nitrogen and oxygen atoms in total. The Morgan fingerprint density at radius 2 is 2.00 bits per heavy atom. The molecule has 0 aliphatic carbocycles. The fourth-order valence-electron chi connectivity index (χ4n) is 1.54. The number of nitrogens with zero attached hydrogens (tertiary/aromatic N) is 2. The Morgan fingerprint density at radius 1 is 1.29 bits per heavy atom. The van der Waals surface area contributed by atoms with Crippen LogP contribution in [0, 0.1) is 0 Å². The van der Waals surface area contributed by atoms with Gasteiger partial charge in [0.2, 0.25) is 0 Å². The number of benzene rings is 1. The van der Waals surface area contributed by atoms with Crippen LogP contribution < -0.4 is 0 Å². The van der Waals surface area contributed by atoms with Crippen LogP contribution in [0.1, 0.15) is 20.8 Å². The largest absolute Gasteiger partial charge is 0.508 e. The minimum atomic E-state index is 0.0196. The van der Waals surface area contributed by atoms with Crippen molar-refractivity contribution in [3.8, 4) is 5.75 Å². The van der Waals surface area contributed by atoms with Gasteiger partial charge in [0, 0.05) is 11.6 Å². The Morgan fingerprint density at radius 3 is 2.64 bits per heavy atom. The van der Waals surface area contributed by atoms with Crippen molar-refractivity contribution in [3.05, 3.63) is 24.5 Å². The number of aromatic hydroxyl groups is 1. The van der Waals surface area contributed by atoms with Gasteiger partial charge >= 0.3 is 0 Å². The van der Waals surface area contributed by atoms with E-state index in [1.165, 1.54) is 0 Å². The van der Waals surface area contributed by atoms with E-state index in [9.17, 15) is 5.11 Å². The normalized spacial score (nSPS) is 12.2. The summed E-state index contributed by atoms with van der Waals surface area (Å²) in [7, 11) is 0. The number of imidazole rings is 1. The van der Waals surface area contributed by atoms with Crippen LogP contribution in [0.4, 0.5) is 0 Å². The van der Waals surface area contributed by atoms with Crippen LogP contribution in [0.15, 0.2) is 24.5 Å². The molecule has 1 aromatic heterocycles. The first kappa shape index (κ1) is 9.06. The average Bonchev–Trinajstić information content (AvgIpc) is 2.45. The highest BCUT2D eigenvalue weighted by Crippen LogP contribution is 2.24. The first-order chi connectivity index (χ1) is 6.48. The molecule has 0 spiro atoms. The molecule has 0 fully saturated rings. The average molecular weight is 190 g/mol. The van der Waals surface area contributed by atoms with E-state index in [1.54, 1.807) is 12.1 Å². The molecule has 0 saturated heterocycles. The molecule has 74 valence electrons. The first-order valence-electron chi connectivity index (χ1n) is 4.65. The van der Waals surface area contributed by atoms with Crippen molar-refractivity contribution in [2.75, 3.05) is 0 Å². The van der Waals surface area contributed by atoms with Gasteiger partial charge in [0.15, 0.2) is 0 Å². The molecule has 1 heterocycles. The summed E-state index contributed by atoms with van der Waals surface area (Å²) in [5.74, 6) is 0.261. The maximum atomic E-state index is 9.29. The van der Waals surface area contributed by atoms with E-state index in [-0.39, 0.29) is 11.3 Å².